The first kappa shape index (κ1) is 31.2. The number of piperazine rings is 1. The SMILES string of the molecule is CCN1C(=O)N[C@H](c2ccccc2C(F)(F)F)C2=C1CN([C@@H](CC(C)C)C(=O)N1CCN(c3ccccc3OC)CC1)C2=O. The molecule has 1 saturated heterocycles. The summed E-state index contributed by atoms with van der Waals surface area (Å²) in [5.41, 5.74) is 0.230. The van der Waals surface area contributed by atoms with Gasteiger partial charge in [-0.15, -0.1) is 0 Å². The molecule has 1 N–H and O–H groups in total. The van der Waals surface area contributed by atoms with Crippen LogP contribution in [-0.2, 0) is 15.8 Å². The number of hydrogen-bond acceptors (Lipinski definition) is 5. The zero-order valence-electron chi connectivity index (χ0n) is 25.4. The fraction of sp³-hybridized carbons (Fsp3) is 0.469. The highest BCUT2D eigenvalue weighted by molar-refractivity contribution is 6.03. The van der Waals surface area contributed by atoms with Crippen LogP contribution in [0.3, 0.4) is 0 Å². The molecule has 3 heterocycles. The van der Waals surface area contributed by atoms with Gasteiger partial charge in [0.2, 0.25) is 5.91 Å². The number of amides is 4. The lowest BCUT2D eigenvalue weighted by Gasteiger charge is -2.40. The van der Waals surface area contributed by atoms with Crippen molar-refractivity contribution in [3.63, 3.8) is 0 Å². The molecule has 12 heteroatoms. The Kier molecular flexibility index (Phi) is 8.80. The summed E-state index contributed by atoms with van der Waals surface area (Å²) >= 11 is 0. The molecule has 0 saturated carbocycles. The second kappa shape index (κ2) is 12.4. The molecule has 3 aliphatic heterocycles. The smallest absolute Gasteiger partial charge is 0.416 e. The number of halogens is 3. The fourth-order valence-corrected chi connectivity index (χ4v) is 6.42. The number of carbonyl (C=O) groups excluding carboxylic acids is 3. The fourth-order valence-electron chi connectivity index (χ4n) is 6.42. The van der Waals surface area contributed by atoms with Gasteiger partial charge in [-0.1, -0.05) is 44.2 Å². The zero-order chi connectivity index (χ0) is 31.8. The topological polar surface area (TPSA) is 85.4 Å². The van der Waals surface area contributed by atoms with Crippen molar-refractivity contribution >= 4 is 23.5 Å². The van der Waals surface area contributed by atoms with E-state index < -0.39 is 35.8 Å². The number of anilines is 1. The average Bonchev–Trinajstić information content (AvgIpc) is 3.35. The maximum Gasteiger partial charge on any atom is 0.416 e. The summed E-state index contributed by atoms with van der Waals surface area (Å²) in [4.78, 5) is 48.2. The molecule has 1 fully saturated rings. The van der Waals surface area contributed by atoms with Gasteiger partial charge in [0, 0.05) is 32.7 Å². The van der Waals surface area contributed by atoms with Crippen LogP contribution in [0.25, 0.3) is 0 Å². The molecular weight excluding hydrogens is 575 g/mol. The number of alkyl halides is 3. The first-order valence-electron chi connectivity index (χ1n) is 14.9. The minimum atomic E-state index is -4.69. The average molecular weight is 614 g/mol. The van der Waals surface area contributed by atoms with E-state index >= 15 is 0 Å². The molecule has 44 heavy (non-hydrogen) atoms. The number of benzene rings is 2. The monoisotopic (exact) mass is 613 g/mol. The normalized spacial score (nSPS) is 19.9. The molecular formula is C32H38F3N5O4. The Morgan fingerprint density at radius 3 is 2.32 bits per heavy atom. The number of likely N-dealkylation sites (N-methyl/N-ethyl adjacent to an activating group) is 1. The number of methoxy groups -OCH3 is 1. The molecule has 2 aromatic rings. The predicted octanol–water partition coefficient (Wildman–Crippen LogP) is 4.66. The molecule has 236 valence electrons. The summed E-state index contributed by atoms with van der Waals surface area (Å²) in [6.45, 7) is 7.84. The van der Waals surface area contributed by atoms with E-state index in [1.54, 1.807) is 18.9 Å². The van der Waals surface area contributed by atoms with Crippen LogP contribution in [-0.4, -0.2) is 85.0 Å². The van der Waals surface area contributed by atoms with Crippen molar-refractivity contribution in [1.29, 1.82) is 0 Å². The van der Waals surface area contributed by atoms with Crippen molar-refractivity contribution in [1.82, 2.24) is 20.0 Å². The molecule has 2 aromatic carbocycles. The van der Waals surface area contributed by atoms with Crippen molar-refractivity contribution in [2.45, 2.75) is 45.5 Å². The summed E-state index contributed by atoms with van der Waals surface area (Å²) in [7, 11) is 1.62. The van der Waals surface area contributed by atoms with Gasteiger partial charge < -0.3 is 24.8 Å². The van der Waals surface area contributed by atoms with Crippen molar-refractivity contribution < 1.29 is 32.3 Å². The largest absolute Gasteiger partial charge is 0.495 e. The van der Waals surface area contributed by atoms with Gasteiger partial charge in [-0.2, -0.15) is 13.2 Å². The lowest BCUT2D eigenvalue weighted by molar-refractivity contribution is -0.144. The van der Waals surface area contributed by atoms with E-state index in [-0.39, 0.29) is 36.1 Å². The van der Waals surface area contributed by atoms with Gasteiger partial charge in [-0.3, -0.25) is 14.5 Å². The first-order chi connectivity index (χ1) is 21.0. The summed E-state index contributed by atoms with van der Waals surface area (Å²) in [5, 5.41) is 2.64. The van der Waals surface area contributed by atoms with Crippen LogP contribution in [0.2, 0.25) is 0 Å². The summed E-state index contributed by atoms with van der Waals surface area (Å²) in [5.74, 6) is 0.0517. The molecule has 2 atom stereocenters. The third-order valence-electron chi connectivity index (χ3n) is 8.52. The summed E-state index contributed by atoms with van der Waals surface area (Å²) < 4.78 is 47.6. The van der Waals surface area contributed by atoms with Crippen molar-refractivity contribution in [3.8, 4) is 5.75 Å². The van der Waals surface area contributed by atoms with Gasteiger partial charge in [0.15, 0.2) is 0 Å². The Morgan fingerprint density at radius 1 is 1.02 bits per heavy atom. The Bertz CT molecular complexity index is 1450. The second-order valence-electron chi connectivity index (χ2n) is 11.6. The van der Waals surface area contributed by atoms with Gasteiger partial charge in [0.25, 0.3) is 5.91 Å². The van der Waals surface area contributed by atoms with Gasteiger partial charge in [0.05, 0.1) is 42.2 Å². The van der Waals surface area contributed by atoms with Gasteiger partial charge in [0.1, 0.15) is 11.8 Å². The highest BCUT2D eigenvalue weighted by Gasteiger charge is 2.49. The molecule has 0 aromatic heterocycles. The van der Waals surface area contributed by atoms with Crippen LogP contribution in [0.4, 0.5) is 23.7 Å². The van der Waals surface area contributed by atoms with Crippen LogP contribution >= 0.6 is 0 Å². The third-order valence-corrected chi connectivity index (χ3v) is 8.52. The number of carbonyl (C=O) groups is 3. The van der Waals surface area contributed by atoms with E-state index in [9.17, 15) is 27.6 Å². The molecule has 0 radical (unpaired) electrons. The highest BCUT2D eigenvalue weighted by Crippen LogP contribution is 2.42. The molecule has 0 spiro atoms. The number of ether oxygens (including phenoxy) is 1. The van der Waals surface area contributed by atoms with Crippen LogP contribution in [0.15, 0.2) is 59.8 Å². The lowest BCUT2D eigenvalue weighted by Crippen LogP contribution is -2.56. The Balaban J connectivity index is 1.43. The molecule has 0 unspecified atom stereocenters. The van der Waals surface area contributed by atoms with Crippen LogP contribution in [0.1, 0.15) is 44.4 Å². The quantitative estimate of drug-likeness (QED) is 0.468. The number of nitrogens with zero attached hydrogens (tertiary/aromatic N) is 4. The van der Waals surface area contributed by atoms with Crippen LogP contribution in [0, 0.1) is 5.92 Å². The summed E-state index contributed by atoms with van der Waals surface area (Å²) in [6, 6.07) is 9.94. The predicted molar refractivity (Wildman–Crippen MR) is 159 cm³/mol. The van der Waals surface area contributed by atoms with Crippen molar-refractivity contribution in [2.75, 3.05) is 51.3 Å². The van der Waals surface area contributed by atoms with Crippen molar-refractivity contribution in [2.24, 2.45) is 5.92 Å². The Labute approximate surface area is 255 Å². The standard InChI is InChI=1S/C32H38F3N5O4/c1-5-39-25-19-40(30(42)27(25)28(36-31(39)43)21-10-6-7-11-22(21)32(33,34)35)24(18-20(2)3)29(41)38-16-14-37(15-17-38)23-12-8-9-13-26(23)44-4/h6-13,20,24,28H,5,14-19H2,1-4H3,(H,36,43)/t24-,28+/m0/s1. The van der Waals surface area contributed by atoms with Gasteiger partial charge in [-0.05, 0) is 43.0 Å². The number of hydrogen-bond donors (Lipinski definition) is 1. The number of nitrogens with one attached hydrogen (secondary N) is 1. The maximum absolute atomic E-state index is 14.2. The molecule has 3 aliphatic rings. The van der Waals surface area contributed by atoms with Gasteiger partial charge in [-0.25, -0.2) is 4.79 Å². The Morgan fingerprint density at radius 2 is 1.68 bits per heavy atom. The van der Waals surface area contributed by atoms with Crippen molar-refractivity contribution in [3.05, 3.63) is 70.9 Å². The van der Waals surface area contributed by atoms with E-state index in [0.717, 1.165) is 17.5 Å². The maximum atomic E-state index is 14.2. The molecule has 0 aliphatic carbocycles. The first-order valence-corrected chi connectivity index (χ1v) is 14.9. The van der Waals surface area contributed by atoms with E-state index in [1.165, 1.54) is 28.0 Å². The van der Waals surface area contributed by atoms with Crippen LogP contribution in [0.5, 0.6) is 5.75 Å². The molecule has 0 bridgehead atoms. The second-order valence-corrected chi connectivity index (χ2v) is 11.6. The third kappa shape index (κ3) is 5.81. The van der Waals surface area contributed by atoms with E-state index in [0.29, 0.717) is 38.3 Å². The number of urea groups is 1. The number of rotatable bonds is 8. The summed E-state index contributed by atoms with van der Waals surface area (Å²) in [6.07, 6.45) is -4.32. The molecule has 4 amide bonds. The minimum Gasteiger partial charge on any atom is -0.495 e. The number of para-hydroxylation sites is 2. The van der Waals surface area contributed by atoms with E-state index in [2.05, 4.69) is 10.2 Å². The zero-order valence-corrected chi connectivity index (χ0v) is 25.4. The van der Waals surface area contributed by atoms with Gasteiger partial charge >= 0.3 is 12.2 Å². The van der Waals surface area contributed by atoms with Crippen LogP contribution < -0.4 is 15.0 Å². The molecule has 5 rings (SSSR count). The highest BCUT2D eigenvalue weighted by atomic mass is 19.4. The lowest BCUT2D eigenvalue weighted by atomic mass is 9.91. The molecule has 9 nitrogen and oxygen atoms in total. The van der Waals surface area contributed by atoms with E-state index in [1.807, 2.05) is 38.1 Å². The Hall–Kier alpha value is -4.22. The van der Waals surface area contributed by atoms with E-state index in [4.69, 9.17) is 4.74 Å². The minimum absolute atomic E-state index is 0.0373.